The topological polar surface area (TPSA) is 24.9 Å². The molecule has 94 valence electrons. The summed E-state index contributed by atoms with van der Waals surface area (Å²) in [5.74, 6) is -0.226. The molecule has 0 aliphatic rings. The number of nitrogens with zero attached hydrogens (tertiary/aromatic N) is 1. The van der Waals surface area contributed by atoms with E-state index in [1.54, 1.807) is 18.3 Å². The molecular formula is C15H17FN2. The molecule has 0 saturated heterocycles. The van der Waals surface area contributed by atoms with Crippen molar-refractivity contribution in [1.82, 2.24) is 10.3 Å². The van der Waals surface area contributed by atoms with Crippen molar-refractivity contribution in [3.05, 3.63) is 54.0 Å². The Balaban J connectivity index is 2.18. The van der Waals surface area contributed by atoms with Crippen LogP contribution in [0.3, 0.4) is 0 Å². The van der Waals surface area contributed by atoms with Crippen molar-refractivity contribution in [3.8, 4) is 11.3 Å². The first-order valence-corrected chi connectivity index (χ1v) is 6.09. The van der Waals surface area contributed by atoms with Crippen LogP contribution in [0.2, 0.25) is 0 Å². The molecule has 18 heavy (non-hydrogen) atoms. The van der Waals surface area contributed by atoms with Gasteiger partial charge in [0, 0.05) is 24.3 Å². The zero-order chi connectivity index (χ0) is 13.0. The third-order valence-electron chi connectivity index (χ3n) is 2.68. The highest BCUT2D eigenvalue weighted by Gasteiger charge is 2.02. The van der Waals surface area contributed by atoms with Crippen molar-refractivity contribution < 1.29 is 4.39 Å². The first-order valence-electron chi connectivity index (χ1n) is 6.09. The van der Waals surface area contributed by atoms with Gasteiger partial charge in [0.2, 0.25) is 0 Å². The van der Waals surface area contributed by atoms with E-state index in [9.17, 15) is 4.39 Å². The van der Waals surface area contributed by atoms with Crippen LogP contribution in [0.4, 0.5) is 4.39 Å². The lowest BCUT2D eigenvalue weighted by Gasteiger charge is -2.09. The molecule has 0 bridgehead atoms. The van der Waals surface area contributed by atoms with E-state index in [0.29, 0.717) is 6.04 Å². The number of halogens is 1. The molecule has 2 aromatic rings. The molecule has 0 spiro atoms. The predicted octanol–water partition coefficient (Wildman–Crippen LogP) is 3.39. The Bertz CT molecular complexity index is 506. The maximum absolute atomic E-state index is 12.9. The lowest BCUT2D eigenvalue weighted by molar-refractivity contribution is 0.588. The molecule has 1 heterocycles. The van der Waals surface area contributed by atoms with Gasteiger partial charge in [-0.25, -0.2) is 4.39 Å². The first-order chi connectivity index (χ1) is 8.65. The van der Waals surface area contributed by atoms with Crippen LogP contribution in [0.15, 0.2) is 42.6 Å². The Morgan fingerprint density at radius 3 is 2.56 bits per heavy atom. The fourth-order valence-corrected chi connectivity index (χ4v) is 1.68. The van der Waals surface area contributed by atoms with Crippen molar-refractivity contribution in [2.24, 2.45) is 0 Å². The van der Waals surface area contributed by atoms with Gasteiger partial charge < -0.3 is 5.32 Å². The molecule has 1 N–H and O–H groups in total. The van der Waals surface area contributed by atoms with E-state index in [1.807, 2.05) is 12.1 Å². The summed E-state index contributed by atoms with van der Waals surface area (Å²) >= 11 is 0. The van der Waals surface area contributed by atoms with Crippen LogP contribution in [-0.2, 0) is 6.54 Å². The average molecular weight is 244 g/mol. The minimum absolute atomic E-state index is 0.226. The van der Waals surface area contributed by atoms with Gasteiger partial charge in [-0.15, -0.1) is 0 Å². The van der Waals surface area contributed by atoms with Gasteiger partial charge in [-0.2, -0.15) is 0 Å². The second kappa shape index (κ2) is 5.74. The summed E-state index contributed by atoms with van der Waals surface area (Å²) in [6.45, 7) is 5.04. The second-order valence-corrected chi connectivity index (χ2v) is 4.59. The minimum Gasteiger partial charge on any atom is -0.310 e. The third-order valence-corrected chi connectivity index (χ3v) is 2.68. The van der Waals surface area contributed by atoms with Gasteiger partial charge in [-0.05, 0) is 42.0 Å². The molecule has 0 aliphatic carbocycles. The molecule has 0 radical (unpaired) electrons. The summed E-state index contributed by atoms with van der Waals surface area (Å²) in [5.41, 5.74) is 2.99. The van der Waals surface area contributed by atoms with Crippen molar-refractivity contribution in [2.75, 3.05) is 0 Å². The Morgan fingerprint density at radius 2 is 1.89 bits per heavy atom. The molecule has 0 unspecified atom stereocenters. The quantitative estimate of drug-likeness (QED) is 0.891. The SMILES string of the molecule is CC(C)NCc1ccnc(-c2ccc(F)cc2)c1. The summed E-state index contributed by atoms with van der Waals surface area (Å²) < 4.78 is 12.9. The van der Waals surface area contributed by atoms with Crippen LogP contribution in [0.1, 0.15) is 19.4 Å². The van der Waals surface area contributed by atoms with E-state index in [2.05, 4.69) is 24.1 Å². The van der Waals surface area contributed by atoms with E-state index in [4.69, 9.17) is 0 Å². The van der Waals surface area contributed by atoms with Crippen molar-refractivity contribution >= 4 is 0 Å². The number of hydrogen-bond acceptors (Lipinski definition) is 2. The van der Waals surface area contributed by atoms with Crippen molar-refractivity contribution in [2.45, 2.75) is 26.4 Å². The summed E-state index contributed by atoms with van der Waals surface area (Å²) in [4.78, 5) is 4.32. The zero-order valence-electron chi connectivity index (χ0n) is 10.7. The zero-order valence-corrected chi connectivity index (χ0v) is 10.7. The summed E-state index contributed by atoms with van der Waals surface area (Å²) in [7, 11) is 0. The maximum Gasteiger partial charge on any atom is 0.123 e. The Morgan fingerprint density at radius 1 is 1.17 bits per heavy atom. The van der Waals surface area contributed by atoms with E-state index < -0.39 is 0 Å². The molecule has 0 aliphatic heterocycles. The molecule has 0 atom stereocenters. The van der Waals surface area contributed by atoms with Crippen LogP contribution >= 0.6 is 0 Å². The van der Waals surface area contributed by atoms with Gasteiger partial charge in [0.15, 0.2) is 0 Å². The van der Waals surface area contributed by atoms with Crippen LogP contribution in [-0.4, -0.2) is 11.0 Å². The standard InChI is InChI=1S/C15H17FN2/c1-11(2)18-10-12-7-8-17-15(9-12)13-3-5-14(16)6-4-13/h3-9,11,18H,10H2,1-2H3. The molecule has 2 rings (SSSR count). The van der Waals surface area contributed by atoms with Gasteiger partial charge in [0.05, 0.1) is 5.69 Å². The monoisotopic (exact) mass is 244 g/mol. The Kier molecular flexibility index (Phi) is 4.05. The minimum atomic E-state index is -0.226. The number of hydrogen-bond donors (Lipinski definition) is 1. The van der Waals surface area contributed by atoms with Gasteiger partial charge in [-0.1, -0.05) is 13.8 Å². The Labute approximate surface area is 107 Å². The van der Waals surface area contributed by atoms with Crippen LogP contribution < -0.4 is 5.32 Å². The number of aromatic nitrogens is 1. The molecule has 1 aromatic heterocycles. The van der Waals surface area contributed by atoms with Crippen LogP contribution in [0.25, 0.3) is 11.3 Å². The number of nitrogens with one attached hydrogen (secondary N) is 1. The van der Waals surface area contributed by atoms with Crippen molar-refractivity contribution in [1.29, 1.82) is 0 Å². The highest BCUT2D eigenvalue weighted by molar-refractivity contribution is 5.59. The smallest absolute Gasteiger partial charge is 0.123 e. The fourth-order valence-electron chi connectivity index (χ4n) is 1.68. The molecule has 0 saturated carbocycles. The molecule has 0 fully saturated rings. The highest BCUT2D eigenvalue weighted by atomic mass is 19.1. The first kappa shape index (κ1) is 12.7. The van der Waals surface area contributed by atoms with Crippen LogP contribution in [0.5, 0.6) is 0 Å². The van der Waals surface area contributed by atoms with E-state index in [-0.39, 0.29) is 5.82 Å². The van der Waals surface area contributed by atoms with Crippen LogP contribution in [0, 0.1) is 5.82 Å². The van der Waals surface area contributed by atoms with Crippen molar-refractivity contribution in [3.63, 3.8) is 0 Å². The maximum atomic E-state index is 12.9. The molecular weight excluding hydrogens is 227 g/mol. The molecule has 2 nitrogen and oxygen atoms in total. The normalized spacial score (nSPS) is 10.9. The summed E-state index contributed by atoms with van der Waals surface area (Å²) in [5, 5.41) is 3.36. The van der Waals surface area contributed by atoms with Gasteiger partial charge in [-0.3, -0.25) is 4.98 Å². The van der Waals surface area contributed by atoms with Gasteiger partial charge in [0.1, 0.15) is 5.82 Å². The average Bonchev–Trinajstić information content (AvgIpc) is 2.37. The van der Waals surface area contributed by atoms with E-state index in [1.165, 1.54) is 17.7 Å². The third kappa shape index (κ3) is 3.37. The molecule has 0 amide bonds. The molecule has 1 aromatic carbocycles. The summed E-state index contributed by atoms with van der Waals surface area (Å²) in [6.07, 6.45) is 1.79. The predicted molar refractivity (Wildman–Crippen MR) is 71.6 cm³/mol. The number of benzene rings is 1. The number of pyridine rings is 1. The van der Waals surface area contributed by atoms with Gasteiger partial charge >= 0.3 is 0 Å². The van der Waals surface area contributed by atoms with E-state index in [0.717, 1.165) is 17.8 Å². The van der Waals surface area contributed by atoms with E-state index >= 15 is 0 Å². The lowest BCUT2D eigenvalue weighted by atomic mass is 10.1. The number of rotatable bonds is 4. The summed E-state index contributed by atoms with van der Waals surface area (Å²) in [6, 6.07) is 10.9. The molecule has 3 heteroatoms. The fraction of sp³-hybridized carbons (Fsp3) is 0.267. The highest BCUT2D eigenvalue weighted by Crippen LogP contribution is 2.18. The Hall–Kier alpha value is -1.74. The second-order valence-electron chi connectivity index (χ2n) is 4.59. The largest absolute Gasteiger partial charge is 0.310 e. The van der Waals surface area contributed by atoms with Gasteiger partial charge in [0.25, 0.3) is 0 Å². The lowest BCUT2D eigenvalue weighted by Crippen LogP contribution is -2.21.